The number of nitrogens with zero attached hydrogens (tertiary/aromatic N) is 1. The van der Waals surface area contributed by atoms with E-state index in [-0.39, 0.29) is 0 Å². The molecule has 1 aliphatic rings. The van der Waals surface area contributed by atoms with Crippen LogP contribution in [0.2, 0.25) is 0 Å². The molecule has 5 nitrogen and oxygen atoms in total. The minimum absolute atomic E-state index is 0.318. The molecule has 1 unspecified atom stereocenters. The van der Waals surface area contributed by atoms with Gasteiger partial charge in [0, 0.05) is 7.11 Å². The summed E-state index contributed by atoms with van der Waals surface area (Å²) in [5.41, 5.74) is 0. The normalized spacial score (nSPS) is 23.5. The number of nitrogens with one attached hydrogen (secondary N) is 1. The van der Waals surface area contributed by atoms with Crippen molar-refractivity contribution in [1.29, 1.82) is 0 Å². The van der Waals surface area contributed by atoms with Gasteiger partial charge in [0.2, 0.25) is 6.10 Å². The molecule has 1 heterocycles. The molecule has 1 aliphatic heterocycles. The number of carbonyl (C=O) groups excluding carboxylic acids is 2. The zero-order valence-corrected chi connectivity index (χ0v) is 7.47. The smallest absolute Gasteiger partial charge is 0.286 e. The summed E-state index contributed by atoms with van der Waals surface area (Å²) in [4.78, 5) is 25.7. The maximum atomic E-state index is 11.1. The Morgan fingerprint density at radius 3 is 2.67 bits per heavy atom. The van der Waals surface area contributed by atoms with Crippen LogP contribution in [0.25, 0.3) is 0 Å². The van der Waals surface area contributed by atoms with Crippen molar-refractivity contribution in [2.75, 3.05) is 13.4 Å². The fourth-order valence-corrected chi connectivity index (χ4v) is 1.16. The third-order valence-electron chi connectivity index (χ3n) is 1.33. The predicted octanol–water partition coefficient (Wildman–Crippen LogP) is -0.623. The summed E-state index contributed by atoms with van der Waals surface area (Å²) in [5.74, 6) is -1.01. The van der Waals surface area contributed by atoms with Crippen molar-refractivity contribution in [3.05, 3.63) is 0 Å². The van der Waals surface area contributed by atoms with E-state index in [4.69, 9.17) is 0 Å². The van der Waals surface area contributed by atoms with Crippen LogP contribution >= 0.6 is 11.8 Å². The van der Waals surface area contributed by atoms with E-state index in [1.165, 1.54) is 18.9 Å². The topological polar surface area (TPSA) is 67.8 Å². The molecule has 0 spiro atoms. The summed E-state index contributed by atoms with van der Waals surface area (Å²) in [5, 5.41) is 2.74. The van der Waals surface area contributed by atoms with E-state index in [2.05, 4.69) is 15.0 Å². The van der Waals surface area contributed by atoms with Crippen LogP contribution in [-0.2, 0) is 14.3 Å². The number of amidine groups is 1. The SMILES string of the molecule is COC1C(=O)N=C(SC)NC1=O. The third kappa shape index (κ3) is 1.64. The number of thioether (sulfide) groups is 1. The van der Waals surface area contributed by atoms with Crippen molar-refractivity contribution in [3.8, 4) is 0 Å². The highest BCUT2D eigenvalue weighted by Crippen LogP contribution is 2.05. The fraction of sp³-hybridized carbons (Fsp3) is 0.500. The summed E-state index contributed by atoms with van der Waals surface area (Å²) in [6.07, 6.45) is 0.639. The van der Waals surface area contributed by atoms with Crippen LogP contribution in [0.15, 0.2) is 4.99 Å². The molecule has 0 aromatic rings. The summed E-state index contributed by atoms with van der Waals surface area (Å²) < 4.78 is 4.63. The van der Waals surface area contributed by atoms with Gasteiger partial charge in [0.15, 0.2) is 5.17 Å². The predicted molar refractivity (Wildman–Crippen MR) is 44.9 cm³/mol. The van der Waals surface area contributed by atoms with Gasteiger partial charge in [0.1, 0.15) is 0 Å². The van der Waals surface area contributed by atoms with Crippen LogP contribution in [0.5, 0.6) is 0 Å². The van der Waals surface area contributed by atoms with Crippen molar-refractivity contribution in [2.24, 2.45) is 4.99 Å². The molecule has 0 saturated carbocycles. The average Bonchev–Trinajstić information content (AvgIpc) is 2.03. The van der Waals surface area contributed by atoms with Crippen LogP contribution in [0.1, 0.15) is 0 Å². The zero-order valence-electron chi connectivity index (χ0n) is 6.66. The van der Waals surface area contributed by atoms with Gasteiger partial charge < -0.3 is 10.1 Å². The van der Waals surface area contributed by atoms with E-state index in [1.807, 2.05) is 0 Å². The molecule has 0 aliphatic carbocycles. The van der Waals surface area contributed by atoms with Gasteiger partial charge in [0.05, 0.1) is 0 Å². The second kappa shape index (κ2) is 3.68. The van der Waals surface area contributed by atoms with E-state index in [0.29, 0.717) is 5.17 Å². The van der Waals surface area contributed by atoms with E-state index < -0.39 is 17.9 Å². The van der Waals surface area contributed by atoms with Gasteiger partial charge in [-0.2, -0.15) is 4.99 Å². The van der Waals surface area contributed by atoms with Gasteiger partial charge in [-0.1, -0.05) is 11.8 Å². The lowest BCUT2D eigenvalue weighted by Crippen LogP contribution is -2.47. The van der Waals surface area contributed by atoms with Gasteiger partial charge in [0.25, 0.3) is 11.8 Å². The molecule has 2 amide bonds. The Morgan fingerprint density at radius 1 is 1.58 bits per heavy atom. The van der Waals surface area contributed by atoms with Gasteiger partial charge >= 0.3 is 0 Å². The second-order valence-corrected chi connectivity index (χ2v) is 2.86. The number of carbonyl (C=O) groups is 2. The van der Waals surface area contributed by atoms with Gasteiger partial charge in [-0.25, -0.2) is 0 Å². The number of methoxy groups -OCH3 is 1. The Labute approximate surface area is 73.6 Å². The monoisotopic (exact) mass is 188 g/mol. The first-order valence-electron chi connectivity index (χ1n) is 3.19. The highest BCUT2D eigenvalue weighted by molar-refractivity contribution is 8.13. The largest absolute Gasteiger partial charge is 0.362 e. The lowest BCUT2D eigenvalue weighted by molar-refractivity contribution is -0.141. The maximum Gasteiger partial charge on any atom is 0.286 e. The van der Waals surface area contributed by atoms with Crippen LogP contribution in [0.4, 0.5) is 0 Å². The molecule has 0 aromatic heterocycles. The Hall–Kier alpha value is -0.880. The van der Waals surface area contributed by atoms with Crippen LogP contribution in [0.3, 0.4) is 0 Å². The average molecular weight is 188 g/mol. The lowest BCUT2D eigenvalue weighted by Gasteiger charge is -2.16. The summed E-state index contributed by atoms with van der Waals surface area (Å²) >= 11 is 1.21. The number of aliphatic imine (C=N–C) groups is 1. The number of hydrogen-bond donors (Lipinski definition) is 1. The highest BCUT2D eigenvalue weighted by Gasteiger charge is 2.31. The lowest BCUT2D eigenvalue weighted by atomic mass is 10.3. The number of amides is 2. The first-order chi connectivity index (χ1) is 5.69. The molecule has 0 fully saturated rings. The Kier molecular flexibility index (Phi) is 2.83. The second-order valence-electron chi connectivity index (χ2n) is 2.06. The molecular formula is C6H8N2O3S. The molecule has 1 rings (SSSR count). The minimum atomic E-state index is -1.08. The van der Waals surface area contributed by atoms with E-state index in [1.54, 1.807) is 6.26 Å². The Bertz CT molecular complexity index is 251. The first-order valence-corrected chi connectivity index (χ1v) is 4.41. The van der Waals surface area contributed by atoms with Gasteiger partial charge in [-0.15, -0.1) is 0 Å². The third-order valence-corrected chi connectivity index (χ3v) is 1.91. The van der Waals surface area contributed by atoms with Crippen LogP contribution < -0.4 is 5.32 Å². The van der Waals surface area contributed by atoms with Crippen molar-refractivity contribution in [2.45, 2.75) is 6.10 Å². The zero-order chi connectivity index (χ0) is 9.14. The number of rotatable bonds is 1. The number of ether oxygens (including phenoxy) is 1. The van der Waals surface area contributed by atoms with Crippen molar-refractivity contribution in [1.82, 2.24) is 5.32 Å². The summed E-state index contributed by atoms with van der Waals surface area (Å²) in [6, 6.07) is 0. The molecule has 66 valence electrons. The molecule has 0 radical (unpaired) electrons. The van der Waals surface area contributed by atoms with Gasteiger partial charge in [-0.3, -0.25) is 9.59 Å². The van der Waals surface area contributed by atoms with Gasteiger partial charge in [-0.05, 0) is 6.26 Å². The molecule has 0 saturated heterocycles. The van der Waals surface area contributed by atoms with Crippen molar-refractivity contribution < 1.29 is 14.3 Å². The van der Waals surface area contributed by atoms with Crippen molar-refractivity contribution >= 4 is 28.7 Å². The molecule has 1 atom stereocenters. The van der Waals surface area contributed by atoms with Crippen LogP contribution in [-0.4, -0.2) is 36.5 Å². The molecule has 0 bridgehead atoms. The summed E-state index contributed by atoms with van der Waals surface area (Å²) in [6.45, 7) is 0. The standard InChI is InChI=1S/C6H8N2O3S/c1-11-3-4(9)7-6(12-2)8-5(3)10/h3H,1-2H3,(H,7,8,9,10). The fourth-order valence-electron chi connectivity index (χ4n) is 0.774. The Morgan fingerprint density at radius 2 is 2.25 bits per heavy atom. The van der Waals surface area contributed by atoms with Crippen LogP contribution in [0, 0.1) is 0 Å². The number of hydrogen-bond acceptors (Lipinski definition) is 4. The molecule has 12 heavy (non-hydrogen) atoms. The quantitative estimate of drug-likeness (QED) is 0.557. The molecular weight excluding hydrogens is 180 g/mol. The Balaban J connectivity index is 2.83. The highest BCUT2D eigenvalue weighted by atomic mass is 32.2. The van der Waals surface area contributed by atoms with E-state index in [9.17, 15) is 9.59 Å². The van der Waals surface area contributed by atoms with E-state index >= 15 is 0 Å². The van der Waals surface area contributed by atoms with E-state index in [0.717, 1.165) is 0 Å². The molecule has 6 heteroatoms. The first kappa shape index (κ1) is 9.21. The minimum Gasteiger partial charge on any atom is -0.362 e. The summed E-state index contributed by atoms with van der Waals surface area (Å²) in [7, 11) is 1.29. The maximum absolute atomic E-state index is 11.1. The van der Waals surface area contributed by atoms with Crippen molar-refractivity contribution in [3.63, 3.8) is 0 Å². The molecule has 0 aromatic carbocycles. The molecule has 1 N–H and O–H groups in total.